The van der Waals surface area contributed by atoms with Crippen LogP contribution in [-0.4, -0.2) is 192 Å². The molecule has 24 nitrogen and oxygen atoms in total. The molecule has 24 heteroatoms. The van der Waals surface area contributed by atoms with Crippen molar-refractivity contribution in [1.82, 2.24) is 0 Å². The zero-order valence-corrected chi connectivity index (χ0v) is 36.2. The molecule has 0 aromatic heterocycles. The Balaban J connectivity index is 1.10. The van der Waals surface area contributed by atoms with Gasteiger partial charge in [-0.25, -0.2) is 4.79 Å². The Hall–Kier alpha value is -5.71. The predicted octanol–water partition coefficient (Wildman–Crippen LogP) is -1.89. The molecule has 372 valence electrons. The van der Waals surface area contributed by atoms with E-state index in [4.69, 9.17) is 47.4 Å². The summed E-state index contributed by atoms with van der Waals surface area (Å²) < 4.78 is 56.6. The summed E-state index contributed by atoms with van der Waals surface area (Å²) in [5.74, 6) is -3.56. The second-order valence-corrected chi connectivity index (χ2v) is 16.1. The first-order valence-electron chi connectivity index (χ1n) is 20.9. The summed E-state index contributed by atoms with van der Waals surface area (Å²) >= 11 is 0. The van der Waals surface area contributed by atoms with Crippen LogP contribution in [0.25, 0.3) is 12.2 Å². The minimum Gasteiger partial charge on any atom is -0.508 e. The van der Waals surface area contributed by atoms with Gasteiger partial charge in [0.05, 0.1) is 39.1 Å². The van der Waals surface area contributed by atoms with Crippen molar-refractivity contribution in [1.29, 1.82) is 0 Å². The van der Waals surface area contributed by atoms with Gasteiger partial charge in [0, 0.05) is 23.8 Å². The van der Waals surface area contributed by atoms with Gasteiger partial charge in [0.1, 0.15) is 84.0 Å². The van der Waals surface area contributed by atoms with Gasteiger partial charge in [0.15, 0.2) is 41.5 Å². The molecule has 16 unspecified atom stereocenters. The molecule has 7 rings (SSSR count). The largest absolute Gasteiger partial charge is 0.508 e. The van der Waals surface area contributed by atoms with Gasteiger partial charge < -0.3 is 114 Å². The highest BCUT2D eigenvalue weighted by Crippen LogP contribution is 2.48. The summed E-state index contributed by atoms with van der Waals surface area (Å²) in [5.41, 5.74) is 0.466. The molecule has 3 aromatic carbocycles. The molecule has 16 atom stereocenters. The molecular formula is C44H52O24. The number of phenolic OH excluding ortho intramolecular Hbond substituents is 4. The minimum atomic E-state index is -2.00. The zero-order valence-electron chi connectivity index (χ0n) is 36.2. The van der Waals surface area contributed by atoms with Crippen LogP contribution in [0.2, 0.25) is 0 Å². The van der Waals surface area contributed by atoms with Gasteiger partial charge in [-0.05, 0) is 48.9 Å². The lowest BCUT2D eigenvalue weighted by Crippen LogP contribution is -2.61. The van der Waals surface area contributed by atoms with Crippen LogP contribution in [0.4, 0.5) is 0 Å². The van der Waals surface area contributed by atoms with Crippen LogP contribution in [0.1, 0.15) is 29.7 Å². The van der Waals surface area contributed by atoms with Crippen molar-refractivity contribution in [3.63, 3.8) is 0 Å². The first kappa shape index (κ1) is 50.2. The van der Waals surface area contributed by atoms with Crippen molar-refractivity contribution >= 4 is 18.1 Å². The molecule has 68 heavy (non-hydrogen) atoms. The van der Waals surface area contributed by atoms with Crippen LogP contribution in [-0.2, 0) is 33.2 Å². The third-order valence-electron chi connectivity index (χ3n) is 11.6. The lowest BCUT2D eigenvalue weighted by molar-refractivity contribution is -0.325. The third-order valence-corrected chi connectivity index (χ3v) is 11.6. The predicted molar refractivity (Wildman–Crippen MR) is 224 cm³/mol. The van der Waals surface area contributed by atoms with Crippen LogP contribution < -0.4 is 18.9 Å². The first-order chi connectivity index (χ1) is 32.3. The van der Waals surface area contributed by atoms with Gasteiger partial charge in [0.25, 0.3) is 0 Å². The molecule has 4 aliphatic heterocycles. The van der Waals surface area contributed by atoms with Gasteiger partial charge in [-0.2, -0.15) is 0 Å². The number of benzene rings is 3. The summed E-state index contributed by atoms with van der Waals surface area (Å²) in [6.07, 6.45) is -23.4. The summed E-state index contributed by atoms with van der Waals surface area (Å²) in [6.45, 7) is -0.0402. The van der Waals surface area contributed by atoms with Crippen molar-refractivity contribution in [2.75, 3.05) is 27.4 Å². The van der Waals surface area contributed by atoms with E-state index in [1.54, 1.807) is 0 Å². The van der Waals surface area contributed by atoms with E-state index in [0.717, 1.165) is 24.3 Å². The molecule has 0 bridgehead atoms. The Morgan fingerprint density at radius 2 is 1.32 bits per heavy atom. The molecule has 0 spiro atoms. The molecule has 4 aliphatic rings. The Bertz CT molecular complexity index is 2320. The number of fused-ring (bicyclic) bond motifs is 1. The molecule has 0 saturated carbocycles. The average Bonchev–Trinajstić information content (AvgIpc) is 3.32. The molecule has 4 heterocycles. The van der Waals surface area contributed by atoms with E-state index >= 15 is 0 Å². The molecule has 13 N–H and O–H groups in total. The molecule has 3 fully saturated rings. The third kappa shape index (κ3) is 10.3. The maximum absolute atomic E-state index is 12.7. The Morgan fingerprint density at radius 1 is 0.676 bits per heavy atom. The number of ether oxygens (including phenoxy) is 10. The van der Waals surface area contributed by atoms with Crippen LogP contribution in [0, 0.1) is 0 Å². The van der Waals surface area contributed by atoms with Crippen LogP contribution in [0.3, 0.4) is 0 Å². The highest BCUT2D eigenvalue weighted by Gasteiger charge is 2.50. The van der Waals surface area contributed by atoms with Gasteiger partial charge in [-0.1, -0.05) is 6.07 Å². The number of rotatable bonds is 14. The lowest BCUT2D eigenvalue weighted by atomic mass is 9.97. The monoisotopic (exact) mass is 964 g/mol. The SMILES string of the molecule is COc1cc(C=CC(=O)OC2C(C)OC(OCC3OC(OC4=Cc5c(cc(O)cc5OC5OC(CO)C(O)C(O)C5O)OC4c4cc(O)c(O)c(OC)c4)C(O)C(O)C3O)C(O)C2O)ccc1O. The van der Waals surface area contributed by atoms with E-state index in [0.29, 0.717) is 5.56 Å². The quantitative estimate of drug-likeness (QED) is 0.0477. The summed E-state index contributed by atoms with van der Waals surface area (Å²) in [7, 11) is 2.56. The fraction of sp³-hybridized carbons (Fsp3) is 0.477. The average molecular weight is 965 g/mol. The zero-order chi connectivity index (χ0) is 49.3. The first-order valence-corrected chi connectivity index (χ1v) is 20.9. The summed E-state index contributed by atoms with van der Waals surface area (Å²) in [6, 6.07) is 8.87. The standard InChI is InChI=1S/C44H52O24/c1-16-40(68-30(49)7-5-17-4-6-21(47)25(8-17)59-2)36(55)39(58)42(62-16)61-15-29-33(52)35(54)38(57)44(67-29)65-27-13-20-23(63-41(27)18-9-22(48)31(50)26(10-18)60-3)11-19(46)12-24(20)64-43-37(56)34(53)32(51)28(14-45)66-43/h4-13,16,28-29,32-48,50-58H,14-15H2,1-3H3. The number of hydrogen-bond donors (Lipinski definition) is 13. The highest BCUT2D eigenvalue weighted by atomic mass is 16.7. The number of phenols is 4. The second-order valence-electron chi connectivity index (χ2n) is 16.1. The topological polar surface area (TPSA) is 372 Å². The molecule has 0 amide bonds. The van der Waals surface area contributed by atoms with Crippen molar-refractivity contribution in [2.45, 2.75) is 105 Å². The fourth-order valence-electron chi connectivity index (χ4n) is 7.78. The van der Waals surface area contributed by atoms with E-state index in [-0.39, 0.29) is 45.6 Å². The molecule has 3 aromatic rings. The van der Waals surface area contributed by atoms with E-state index in [1.807, 2.05) is 0 Å². The molecular weight excluding hydrogens is 912 g/mol. The maximum atomic E-state index is 12.7. The lowest BCUT2D eigenvalue weighted by Gasteiger charge is -2.43. The highest BCUT2D eigenvalue weighted by molar-refractivity contribution is 5.87. The van der Waals surface area contributed by atoms with Gasteiger partial charge >= 0.3 is 5.97 Å². The van der Waals surface area contributed by atoms with Crippen molar-refractivity contribution in [2.24, 2.45) is 0 Å². The van der Waals surface area contributed by atoms with Crippen molar-refractivity contribution in [3.8, 4) is 46.0 Å². The van der Waals surface area contributed by atoms with Crippen LogP contribution >= 0.6 is 0 Å². The van der Waals surface area contributed by atoms with E-state index in [9.17, 15) is 71.2 Å². The van der Waals surface area contributed by atoms with E-state index in [1.165, 1.54) is 57.6 Å². The van der Waals surface area contributed by atoms with Crippen molar-refractivity contribution < 1.29 is 119 Å². The number of carbonyl (C=O) groups is 1. The number of carbonyl (C=O) groups excluding carboxylic acids is 1. The van der Waals surface area contributed by atoms with E-state index in [2.05, 4.69) is 0 Å². The van der Waals surface area contributed by atoms with Crippen LogP contribution in [0.5, 0.6) is 46.0 Å². The van der Waals surface area contributed by atoms with Crippen LogP contribution in [0.15, 0.2) is 54.3 Å². The van der Waals surface area contributed by atoms with Gasteiger partial charge in [-0.3, -0.25) is 0 Å². The number of aliphatic hydroxyl groups is 9. The maximum Gasteiger partial charge on any atom is 0.331 e. The molecule has 0 radical (unpaired) electrons. The fourth-order valence-corrected chi connectivity index (χ4v) is 7.78. The Kier molecular flexibility index (Phi) is 15.4. The smallest absolute Gasteiger partial charge is 0.331 e. The second kappa shape index (κ2) is 20.9. The van der Waals surface area contributed by atoms with E-state index < -0.39 is 135 Å². The van der Waals surface area contributed by atoms with Gasteiger partial charge in [-0.15, -0.1) is 0 Å². The number of aliphatic hydroxyl groups excluding tert-OH is 9. The normalized spacial score (nSPS) is 33.7. The number of aromatic hydroxyl groups is 4. The molecule has 3 saturated heterocycles. The number of hydrogen-bond acceptors (Lipinski definition) is 24. The number of methoxy groups -OCH3 is 2. The molecule has 0 aliphatic carbocycles. The Morgan fingerprint density at radius 3 is 2.00 bits per heavy atom. The van der Waals surface area contributed by atoms with Gasteiger partial charge in [0.2, 0.25) is 18.3 Å². The Labute approximate surface area is 385 Å². The summed E-state index contributed by atoms with van der Waals surface area (Å²) in [4.78, 5) is 12.7. The number of esters is 1. The summed E-state index contributed by atoms with van der Waals surface area (Å²) in [5, 5.41) is 138. The minimum absolute atomic E-state index is 0.0358. The van der Waals surface area contributed by atoms with Crippen molar-refractivity contribution in [3.05, 3.63) is 71.0 Å².